The van der Waals surface area contributed by atoms with Gasteiger partial charge in [0.2, 0.25) is 0 Å². The topological polar surface area (TPSA) is 70.9 Å². The highest BCUT2D eigenvalue weighted by molar-refractivity contribution is 5.93. The third kappa shape index (κ3) is 2.25. The van der Waals surface area contributed by atoms with Crippen LogP contribution < -0.4 is 5.32 Å². The highest BCUT2D eigenvalue weighted by Gasteiger charge is 2.08. The minimum absolute atomic E-state index is 0.164. The summed E-state index contributed by atoms with van der Waals surface area (Å²) in [5.41, 5.74) is 0.527. The van der Waals surface area contributed by atoms with Crippen molar-refractivity contribution in [2.75, 3.05) is 0 Å². The number of carbonyl (C=O) groups is 1. The molecule has 0 aliphatic heterocycles. The average molecular weight is 205 g/mol. The van der Waals surface area contributed by atoms with E-state index in [2.05, 4.69) is 15.3 Å². The Labute approximate surface area is 86.5 Å². The minimum atomic E-state index is -0.164. The van der Waals surface area contributed by atoms with Crippen LogP contribution in [0.2, 0.25) is 0 Å². The Morgan fingerprint density at radius 1 is 1.67 bits per heavy atom. The van der Waals surface area contributed by atoms with Crippen molar-refractivity contribution in [1.29, 1.82) is 0 Å². The van der Waals surface area contributed by atoms with Gasteiger partial charge in [-0.2, -0.15) is 0 Å². The summed E-state index contributed by atoms with van der Waals surface area (Å²) in [6.07, 6.45) is 4.79. The molecule has 0 bridgehead atoms. The first kappa shape index (κ1) is 9.51. The van der Waals surface area contributed by atoms with Crippen LogP contribution in [-0.4, -0.2) is 15.9 Å². The SMILES string of the molecule is Cc1cc(C(=O)NCc2ncc[nH]2)co1. The summed E-state index contributed by atoms with van der Waals surface area (Å²) in [7, 11) is 0. The van der Waals surface area contributed by atoms with Gasteiger partial charge in [-0.05, 0) is 13.0 Å². The first-order valence-corrected chi connectivity index (χ1v) is 4.57. The monoisotopic (exact) mass is 205 g/mol. The molecule has 15 heavy (non-hydrogen) atoms. The fourth-order valence-electron chi connectivity index (χ4n) is 1.22. The standard InChI is InChI=1S/C10H11N3O2/c1-7-4-8(6-15-7)10(14)13-5-9-11-2-3-12-9/h2-4,6H,5H2,1H3,(H,11,12)(H,13,14). The summed E-state index contributed by atoms with van der Waals surface area (Å²) in [4.78, 5) is 18.4. The van der Waals surface area contributed by atoms with Gasteiger partial charge in [-0.25, -0.2) is 4.98 Å². The third-order valence-corrected chi connectivity index (χ3v) is 1.96. The van der Waals surface area contributed by atoms with Crippen molar-refractivity contribution < 1.29 is 9.21 Å². The van der Waals surface area contributed by atoms with E-state index in [4.69, 9.17) is 4.42 Å². The lowest BCUT2D eigenvalue weighted by molar-refractivity contribution is 0.0949. The van der Waals surface area contributed by atoms with E-state index in [0.29, 0.717) is 12.1 Å². The first-order valence-electron chi connectivity index (χ1n) is 4.57. The van der Waals surface area contributed by atoms with Crippen molar-refractivity contribution >= 4 is 5.91 Å². The van der Waals surface area contributed by atoms with E-state index in [9.17, 15) is 4.79 Å². The maximum Gasteiger partial charge on any atom is 0.254 e. The fourth-order valence-corrected chi connectivity index (χ4v) is 1.22. The van der Waals surface area contributed by atoms with Gasteiger partial charge in [0.25, 0.3) is 5.91 Å². The van der Waals surface area contributed by atoms with Crippen molar-refractivity contribution in [2.45, 2.75) is 13.5 Å². The molecule has 0 saturated heterocycles. The number of amides is 1. The number of furan rings is 1. The number of aromatic nitrogens is 2. The molecule has 2 aromatic rings. The molecule has 0 aliphatic rings. The summed E-state index contributed by atoms with van der Waals surface area (Å²) >= 11 is 0. The van der Waals surface area contributed by atoms with E-state index in [1.165, 1.54) is 6.26 Å². The van der Waals surface area contributed by atoms with E-state index in [1.54, 1.807) is 25.4 Å². The summed E-state index contributed by atoms with van der Waals surface area (Å²) in [6.45, 7) is 2.18. The zero-order valence-electron chi connectivity index (χ0n) is 8.28. The molecule has 2 rings (SSSR count). The van der Waals surface area contributed by atoms with E-state index in [1.807, 2.05) is 0 Å². The number of hydrogen-bond donors (Lipinski definition) is 2. The van der Waals surface area contributed by atoms with Crippen LogP contribution >= 0.6 is 0 Å². The molecular weight excluding hydrogens is 194 g/mol. The molecule has 0 aromatic carbocycles. The molecule has 0 fully saturated rings. The maximum atomic E-state index is 11.5. The van der Waals surface area contributed by atoms with Gasteiger partial charge in [0.05, 0.1) is 12.1 Å². The van der Waals surface area contributed by atoms with Crippen LogP contribution in [0, 0.1) is 6.92 Å². The number of aromatic amines is 1. The van der Waals surface area contributed by atoms with Crippen molar-refractivity contribution in [3.63, 3.8) is 0 Å². The molecule has 5 nitrogen and oxygen atoms in total. The molecule has 0 spiro atoms. The smallest absolute Gasteiger partial charge is 0.254 e. The number of rotatable bonds is 3. The van der Waals surface area contributed by atoms with Crippen LogP contribution in [0.25, 0.3) is 0 Å². The van der Waals surface area contributed by atoms with Gasteiger partial charge in [-0.1, -0.05) is 0 Å². The van der Waals surface area contributed by atoms with Crippen LogP contribution in [0.5, 0.6) is 0 Å². The molecule has 2 aromatic heterocycles. The second kappa shape index (κ2) is 4.00. The number of nitrogens with one attached hydrogen (secondary N) is 2. The molecule has 0 saturated carbocycles. The van der Waals surface area contributed by atoms with Crippen molar-refractivity contribution in [2.24, 2.45) is 0 Å². The zero-order valence-corrected chi connectivity index (χ0v) is 8.28. The molecule has 2 N–H and O–H groups in total. The second-order valence-electron chi connectivity index (χ2n) is 3.16. The molecule has 78 valence electrons. The van der Waals surface area contributed by atoms with Gasteiger partial charge in [0.15, 0.2) is 0 Å². The van der Waals surface area contributed by atoms with E-state index >= 15 is 0 Å². The molecule has 2 heterocycles. The summed E-state index contributed by atoms with van der Waals surface area (Å²) in [5, 5.41) is 2.72. The number of imidazole rings is 1. The second-order valence-corrected chi connectivity index (χ2v) is 3.16. The number of carbonyl (C=O) groups excluding carboxylic acids is 1. The largest absolute Gasteiger partial charge is 0.469 e. The fraction of sp³-hybridized carbons (Fsp3) is 0.200. The molecule has 5 heteroatoms. The van der Waals surface area contributed by atoms with Crippen LogP contribution in [0.4, 0.5) is 0 Å². The molecule has 0 radical (unpaired) electrons. The zero-order chi connectivity index (χ0) is 10.7. The Kier molecular flexibility index (Phi) is 2.53. The Balaban J connectivity index is 1.93. The predicted octanol–water partition coefficient (Wildman–Crippen LogP) is 1.24. The molecular formula is C10H11N3O2. The highest BCUT2D eigenvalue weighted by atomic mass is 16.3. The molecule has 0 atom stereocenters. The van der Waals surface area contributed by atoms with Gasteiger partial charge in [-0.15, -0.1) is 0 Å². The van der Waals surface area contributed by atoms with Crippen LogP contribution in [0.1, 0.15) is 21.9 Å². The van der Waals surface area contributed by atoms with Gasteiger partial charge in [0, 0.05) is 12.4 Å². The number of H-pyrrole nitrogens is 1. The van der Waals surface area contributed by atoms with E-state index < -0.39 is 0 Å². The van der Waals surface area contributed by atoms with Crippen LogP contribution in [0.15, 0.2) is 29.1 Å². The number of aryl methyl sites for hydroxylation is 1. The lowest BCUT2D eigenvalue weighted by Gasteiger charge is -1.99. The summed E-state index contributed by atoms with van der Waals surface area (Å²) in [6, 6.07) is 1.69. The Hall–Kier alpha value is -2.04. The molecule has 1 amide bonds. The predicted molar refractivity (Wildman–Crippen MR) is 53.2 cm³/mol. The Morgan fingerprint density at radius 3 is 3.13 bits per heavy atom. The number of nitrogens with zero attached hydrogens (tertiary/aromatic N) is 1. The Bertz CT molecular complexity index is 445. The van der Waals surface area contributed by atoms with Gasteiger partial charge in [-0.3, -0.25) is 4.79 Å². The quantitative estimate of drug-likeness (QED) is 0.791. The van der Waals surface area contributed by atoms with E-state index in [-0.39, 0.29) is 5.91 Å². The first-order chi connectivity index (χ1) is 7.25. The summed E-state index contributed by atoms with van der Waals surface area (Å²) in [5.74, 6) is 1.28. The lowest BCUT2D eigenvalue weighted by Crippen LogP contribution is -2.22. The Morgan fingerprint density at radius 2 is 2.53 bits per heavy atom. The third-order valence-electron chi connectivity index (χ3n) is 1.96. The van der Waals surface area contributed by atoms with Crippen molar-refractivity contribution in [3.05, 3.63) is 41.9 Å². The minimum Gasteiger partial charge on any atom is -0.469 e. The van der Waals surface area contributed by atoms with E-state index in [0.717, 1.165) is 11.6 Å². The van der Waals surface area contributed by atoms with Crippen molar-refractivity contribution in [3.8, 4) is 0 Å². The van der Waals surface area contributed by atoms with Gasteiger partial charge < -0.3 is 14.7 Å². The highest BCUT2D eigenvalue weighted by Crippen LogP contribution is 2.05. The molecule has 0 aliphatic carbocycles. The van der Waals surface area contributed by atoms with Gasteiger partial charge in [0.1, 0.15) is 17.8 Å². The maximum absolute atomic E-state index is 11.5. The normalized spacial score (nSPS) is 10.2. The molecule has 0 unspecified atom stereocenters. The number of hydrogen-bond acceptors (Lipinski definition) is 3. The van der Waals surface area contributed by atoms with Crippen LogP contribution in [0.3, 0.4) is 0 Å². The average Bonchev–Trinajstić information content (AvgIpc) is 2.84. The van der Waals surface area contributed by atoms with Crippen LogP contribution in [-0.2, 0) is 6.54 Å². The summed E-state index contributed by atoms with van der Waals surface area (Å²) < 4.78 is 5.04. The van der Waals surface area contributed by atoms with Crippen molar-refractivity contribution in [1.82, 2.24) is 15.3 Å². The van der Waals surface area contributed by atoms with Gasteiger partial charge >= 0.3 is 0 Å². The lowest BCUT2D eigenvalue weighted by atomic mass is 10.3.